The average molecular weight is 349 g/mol. The first-order valence-electron chi connectivity index (χ1n) is 8.35. The van der Waals surface area contributed by atoms with E-state index in [2.05, 4.69) is 30.6 Å². The fourth-order valence-electron chi connectivity index (χ4n) is 3.40. The number of fused-ring (bicyclic) bond motifs is 1. The lowest BCUT2D eigenvalue weighted by Gasteiger charge is -2.14. The number of hydrogen-bond acceptors (Lipinski definition) is 3. The second-order valence-corrected chi connectivity index (χ2v) is 6.80. The van der Waals surface area contributed by atoms with E-state index < -0.39 is 4.92 Å². The van der Waals surface area contributed by atoms with Crippen LogP contribution in [-0.2, 0) is 5.41 Å². The molecular weight excluding hydrogens is 328 g/mol. The van der Waals surface area contributed by atoms with Gasteiger partial charge < -0.3 is 5.11 Å². The average Bonchev–Trinajstić information content (AvgIpc) is 2.80. The lowest BCUT2D eigenvalue weighted by Crippen LogP contribution is -2.26. The van der Waals surface area contributed by atoms with Crippen molar-refractivity contribution in [2.24, 2.45) is 0 Å². The van der Waals surface area contributed by atoms with Crippen molar-refractivity contribution in [2.75, 3.05) is 7.05 Å². The Morgan fingerprint density at radius 2 is 1.81 bits per heavy atom. The number of phenolic OH excluding ortho intramolecular Hbond substituents is 1. The van der Waals surface area contributed by atoms with Gasteiger partial charge in [-0.15, -0.1) is 0 Å². The number of nitro groups is 1. The molecule has 0 atom stereocenters. The van der Waals surface area contributed by atoms with E-state index in [-0.39, 0.29) is 16.9 Å². The van der Waals surface area contributed by atoms with E-state index >= 15 is 0 Å². The van der Waals surface area contributed by atoms with Crippen molar-refractivity contribution >= 4 is 23.2 Å². The zero-order valence-electron chi connectivity index (χ0n) is 15.0. The van der Waals surface area contributed by atoms with Gasteiger partial charge >= 0.3 is 0 Å². The molecule has 2 aromatic rings. The van der Waals surface area contributed by atoms with Crippen molar-refractivity contribution in [3.8, 4) is 5.75 Å². The zero-order valence-corrected chi connectivity index (χ0v) is 15.0. The first-order valence-corrected chi connectivity index (χ1v) is 8.35. The first kappa shape index (κ1) is 17.6. The van der Waals surface area contributed by atoms with E-state index in [1.54, 1.807) is 12.2 Å². The number of aromatic hydroxyl groups is 1. The van der Waals surface area contributed by atoms with Gasteiger partial charge in [-0.3, -0.25) is 10.1 Å². The van der Waals surface area contributed by atoms with E-state index in [0.717, 1.165) is 5.71 Å². The van der Waals surface area contributed by atoms with Gasteiger partial charge in [0.15, 0.2) is 5.71 Å². The van der Waals surface area contributed by atoms with E-state index in [0.29, 0.717) is 5.56 Å². The summed E-state index contributed by atoms with van der Waals surface area (Å²) in [7, 11) is 2.04. The Morgan fingerprint density at radius 1 is 1.12 bits per heavy atom. The molecule has 5 nitrogen and oxygen atoms in total. The highest BCUT2D eigenvalue weighted by Gasteiger charge is 2.42. The third-order valence-electron chi connectivity index (χ3n) is 4.80. The van der Waals surface area contributed by atoms with Gasteiger partial charge in [0.1, 0.15) is 12.8 Å². The summed E-state index contributed by atoms with van der Waals surface area (Å²) in [5, 5.41) is 20.7. The van der Waals surface area contributed by atoms with Crippen LogP contribution in [0.25, 0.3) is 6.08 Å². The molecule has 0 fully saturated rings. The molecule has 0 amide bonds. The van der Waals surface area contributed by atoms with Gasteiger partial charge in [-0.1, -0.05) is 36.4 Å². The Hall–Kier alpha value is -3.21. The topological polar surface area (TPSA) is 66.4 Å². The fraction of sp³-hybridized carbons (Fsp3) is 0.190. The van der Waals surface area contributed by atoms with Crippen molar-refractivity contribution in [2.45, 2.75) is 19.3 Å². The number of para-hydroxylation sites is 1. The Morgan fingerprint density at radius 3 is 2.50 bits per heavy atom. The fourth-order valence-corrected chi connectivity index (χ4v) is 3.40. The van der Waals surface area contributed by atoms with Crippen LogP contribution >= 0.6 is 0 Å². The van der Waals surface area contributed by atoms with Gasteiger partial charge in [0.25, 0.3) is 5.69 Å². The molecule has 1 aliphatic rings. The number of non-ortho nitro benzene ring substituents is 1. The van der Waals surface area contributed by atoms with Gasteiger partial charge in [0, 0.05) is 35.4 Å². The molecular formula is C21H21N2O3+. The van der Waals surface area contributed by atoms with Crippen molar-refractivity contribution < 1.29 is 14.6 Å². The SMILES string of the molecule is C[N+]1=C(/C=C\C=C/c2cc([N+](=O)[O-])ccc2O)C(C)(C)c2ccccc21. The summed E-state index contributed by atoms with van der Waals surface area (Å²) in [5.74, 6) is 0.0126. The molecule has 132 valence electrons. The van der Waals surface area contributed by atoms with Crippen LogP contribution < -0.4 is 0 Å². The molecule has 2 aromatic carbocycles. The molecule has 0 aliphatic carbocycles. The Balaban J connectivity index is 1.86. The van der Waals surface area contributed by atoms with Crippen LogP contribution in [-0.4, -0.2) is 27.4 Å². The van der Waals surface area contributed by atoms with Crippen LogP contribution in [0, 0.1) is 10.1 Å². The summed E-state index contributed by atoms with van der Waals surface area (Å²) in [6, 6.07) is 12.3. The number of hydrogen-bond donors (Lipinski definition) is 1. The van der Waals surface area contributed by atoms with Gasteiger partial charge in [-0.05, 0) is 19.9 Å². The van der Waals surface area contributed by atoms with Crippen molar-refractivity contribution in [3.05, 3.63) is 81.9 Å². The van der Waals surface area contributed by atoms with Gasteiger partial charge in [0.2, 0.25) is 5.69 Å². The van der Waals surface area contributed by atoms with Crippen LogP contribution in [0.15, 0.2) is 60.7 Å². The van der Waals surface area contributed by atoms with Crippen LogP contribution in [0.4, 0.5) is 11.4 Å². The molecule has 26 heavy (non-hydrogen) atoms. The maximum Gasteiger partial charge on any atom is 0.270 e. The monoisotopic (exact) mass is 349 g/mol. The lowest BCUT2D eigenvalue weighted by atomic mass is 9.81. The van der Waals surface area contributed by atoms with Gasteiger partial charge in [0.05, 0.1) is 10.3 Å². The third kappa shape index (κ3) is 3.04. The normalized spacial score (nSPS) is 15.8. The number of allylic oxidation sites excluding steroid dienone is 3. The van der Waals surface area contributed by atoms with Gasteiger partial charge in [-0.2, -0.15) is 4.58 Å². The first-order chi connectivity index (χ1) is 12.3. The molecule has 0 bridgehead atoms. The number of nitro benzene ring substituents is 1. The number of nitrogens with zero attached hydrogens (tertiary/aromatic N) is 2. The third-order valence-corrected chi connectivity index (χ3v) is 4.80. The predicted molar refractivity (Wildman–Crippen MR) is 103 cm³/mol. The Bertz CT molecular complexity index is 969. The molecule has 0 aromatic heterocycles. The minimum Gasteiger partial charge on any atom is -0.507 e. The van der Waals surface area contributed by atoms with Crippen LogP contribution in [0.3, 0.4) is 0 Å². The molecule has 0 unspecified atom stereocenters. The second-order valence-electron chi connectivity index (χ2n) is 6.80. The Labute approximate surface area is 152 Å². The van der Waals surface area contributed by atoms with E-state index in [1.165, 1.54) is 29.4 Å². The minimum atomic E-state index is -0.476. The van der Waals surface area contributed by atoms with Crippen LogP contribution in [0.5, 0.6) is 5.75 Å². The quantitative estimate of drug-likeness (QED) is 0.380. The maximum atomic E-state index is 10.9. The predicted octanol–water partition coefficient (Wildman–Crippen LogP) is 4.58. The van der Waals surface area contributed by atoms with Crippen molar-refractivity contribution in [1.29, 1.82) is 0 Å². The highest BCUT2D eigenvalue weighted by Crippen LogP contribution is 2.38. The summed E-state index contributed by atoms with van der Waals surface area (Å²) in [4.78, 5) is 10.4. The smallest absolute Gasteiger partial charge is 0.270 e. The van der Waals surface area contributed by atoms with Crippen LogP contribution in [0.2, 0.25) is 0 Å². The van der Waals surface area contributed by atoms with Crippen molar-refractivity contribution in [1.82, 2.24) is 0 Å². The standard InChI is InChI=1S/C21H20N2O3/c1-21(2)17-9-5-6-10-18(17)22(3)20(21)11-7-4-8-15-14-16(23(25)26)12-13-19(15)24/h4-14H,1-3H3/p+1. The molecule has 1 N–H and O–H groups in total. The lowest BCUT2D eigenvalue weighted by molar-refractivity contribution is -0.401. The number of rotatable bonds is 4. The molecule has 5 heteroatoms. The summed E-state index contributed by atoms with van der Waals surface area (Å²) >= 11 is 0. The highest BCUT2D eigenvalue weighted by molar-refractivity contribution is 6.03. The highest BCUT2D eigenvalue weighted by atomic mass is 16.6. The molecule has 0 saturated heterocycles. The van der Waals surface area contributed by atoms with Crippen LogP contribution in [0.1, 0.15) is 25.0 Å². The molecule has 0 radical (unpaired) electrons. The molecule has 3 rings (SSSR count). The largest absolute Gasteiger partial charge is 0.507 e. The van der Waals surface area contributed by atoms with E-state index in [1.807, 2.05) is 31.3 Å². The van der Waals surface area contributed by atoms with E-state index in [4.69, 9.17) is 0 Å². The summed E-state index contributed by atoms with van der Waals surface area (Å²) in [5.41, 5.74) is 3.89. The molecule has 0 saturated carbocycles. The Kier molecular flexibility index (Phi) is 4.47. The molecule has 1 heterocycles. The maximum absolute atomic E-state index is 10.9. The van der Waals surface area contributed by atoms with Crippen molar-refractivity contribution in [3.63, 3.8) is 0 Å². The minimum absolute atomic E-state index is 0.0126. The second kappa shape index (κ2) is 6.59. The summed E-state index contributed by atoms with van der Waals surface area (Å²) < 4.78 is 2.17. The zero-order chi connectivity index (χ0) is 18.9. The molecule has 1 aliphatic heterocycles. The summed E-state index contributed by atoms with van der Waals surface area (Å²) in [6.07, 6.45) is 7.36. The summed E-state index contributed by atoms with van der Waals surface area (Å²) in [6.45, 7) is 4.37. The van der Waals surface area contributed by atoms with E-state index in [9.17, 15) is 15.2 Å². The van der Waals surface area contributed by atoms with Gasteiger partial charge in [-0.25, -0.2) is 0 Å². The molecule has 0 spiro atoms. The number of phenols is 1. The number of benzene rings is 2.